The van der Waals surface area contributed by atoms with E-state index in [-0.39, 0.29) is 0 Å². The lowest BCUT2D eigenvalue weighted by Gasteiger charge is -2.16. The molecule has 9 heteroatoms. The Morgan fingerprint density at radius 3 is 2.56 bits per heavy atom. The van der Waals surface area contributed by atoms with Crippen LogP contribution in [0.1, 0.15) is 5.56 Å². The lowest BCUT2D eigenvalue weighted by atomic mass is 10.2. The van der Waals surface area contributed by atoms with Crippen LogP contribution in [-0.4, -0.2) is 36.2 Å². The molecule has 7 nitrogen and oxygen atoms in total. The molecule has 0 unspecified atom stereocenters. The highest BCUT2D eigenvalue weighted by atomic mass is 35.5. The maximum absolute atomic E-state index is 6.19. The highest BCUT2D eigenvalue weighted by Gasteiger charge is 2.16. The summed E-state index contributed by atoms with van der Waals surface area (Å²) in [4.78, 5) is 0. The van der Waals surface area contributed by atoms with Crippen LogP contribution in [0.2, 0.25) is 5.02 Å². The van der Waals surface area contributed by atoms with Crippen molar-refractivity contribution in [2.75, 3.05) is 26.8 Å². The molecule has 0 bridgehead atoms. The Morgan fingerprint density at radius 2 is 1.85 bits per heavy atom. The zero-order valence-corrected chi connectivity index (χ0v) is 16.6. The van der Waals surface area contributed by atoms with Crippen molar-refractivity contribution >= 4 is 23.8 Å². The predicted molar refractivity (Wildman–Crippen MR) is 107 cm³/mol. The molecule has 3 aromatic rings. The maximum atomic E-state index is 6.19. The van der Waals surface area contributed by atoms with Crippen LogP contribution in [0, 0.1) is 4.77 Å². The number of benzene rings is 2. The number of para-hydroxylation sites is 1. The predicted octanol–water partition coefficient (Wildman–Crippen LogP) is 4.03. The molecule has 0 atom stereocenters. The minimum atomic E-state index is 0.385. The largest absolute Gasteiger partial charge is 0.496 e. The third kappa shape index (κ3) is 3.86. The van der Waals surface area contributed by atoms with Crippen LogP contribution >= 0.6 is 23.8 Å². The van der Waals surface area contributed by atoms with Gasteiger partial charge in [-0.25, -0.2) is 9.77 Å². The van der Waals surface area contributed by atoms with Crippen LogP contribution in [0.4, 0.5) is 0 Å². The average molecular weight is 407 g/mol. The number of hydrogen-bond donors (Lipinski definition) is 2. The molecule has 27 heavy (non-hydrogen) atoms. The second-order valence-electron chi connectivity index (χ2n) is 5.52. The molecule has 0 fully saturated rings. The fourth-order valence-corrected chi connectivity index (χ4v) is 3.18. The highest BCUT2D eigenvalue weighted by molar-refractivity contribution is 7.71. The standard InChI is InChI=1S/C18H19ClN4O3S/c1-24-14-7-5-4-6-13(14)17-21-22-18(27)23(17)20-10-11-8-12(19)9-15(25-2)16(11)26-3/h4-9,20H,10H2,1-3H3,(H,22,27). The summed E-state index contributed by atoms with van der Waals surface area (Å²) in [5.74, 6) is 2.45. The number of nitrogens with zero attached hydrogens (tertiary/aromatic N) is 2. The van der Waals surface area contributed by atoms with Crippen LogP contribution < -0.4 is 19.6 Å². The molecule has 0 aliphatic carbocycles. The van der Waals surface area contributed by atoms with Crippen molar-refractivity contribution in [3.63, 3.8) is 0 Å². The van der Waals surface area contributed by atoms with Crippen molar-refractivity contribution in [2.24, 2.45) is 0 Å². The Labute approximate surface area is 166 Å². The number of aromatic amines is 1. The maximum Gasteiger partial charge on any atom is 0.214 e. The van der Waals surface area contributed by atoms with E-state index in [0.717, 1.165) is 11.1 Å². The van der Waals surface area contributed by atoms with Crippen molar-refractivity contribution in [3.05, 3.63) is 51.8 Å². The van der Waals surface area contributed by atoms with Gasteiger partial charge in [-0.15, -0.1) is 0 Å². The second kappa shape index (κ2) is 8.32. The third-order valence-electron chi connectivity index (χ3n) is 3.97. The smallest absolute Gasteiger partial charge is 0.214 e. The van der Waals surface area contributed by atoms with Crippen LogP contribution in [0.5, 0.6) is 17.2 Å². The van der Waals surface area contributed by atoms with Gasteiger partial charge in [0.05, 0.1) is 33.4 Å². The van der Waals surface area contributed by atoms with E-state index >= 15 is 0 Å². The van der Waals surface area contributed by atoms with Gasteiger partial charge < -0.3 is 19.6 Å². The first kappa shape index (κ1) is 19.1. The van der Waals surface area contributed by atoms with E-state index in [0.29, 0.717) is 39.4 Å². The van der Waals surface area contributed by atoms with E-state index in [2.05, 4.69) is 15.6 Å². The molecule has 0 aliphatic heterocycles. The Bertz CT molecular complexity index is 1000. The zero-order chi connectivity index (χ0) is 19.4. The highest BCUT2D eigenvalue weighted by Crippen LogP contribution is 2.34. The van der Waals surface area contributed by atoms with Crippen LogP contribution in [0.15, 0.2) is 36.4 Å². The lowest BCUT2D eigenvalue weighted by Crippen LogP contribution is -2.16. The number of halogens is 1. The first-order chi connectivity index (χ1) is 13.1. The molecule has 0 radical (unpaired) electrons. The van der Waals surface area contributed by atoms with Gasteiger partial charge in [0.1, 0.15) is 5.75 Å². The first-order valence-corrected chi connectivity index (χ1v) is 8.82. The van der Waals surface area contributed by atoms with Gasteiger partial charge in [-0.1, -0.05) is 23.7 Å². The minimum absolute atomic E-state index is 0.385. The summed E-state index contributed by atoms with van der Waals surface area (Å²) in [7, 11) is 4.76. The van der Waals surface area contributed by atoms with Gasteiger partial charge in [0.25, 0.3) is 0 Å². The fraction of sp³-hybridized carbons (Fsp3) is 0.222. The molecular formula is C18H19ClN4O3S. The van der Waals surface area contributed by atoms with Crippen molar-refractivity contribution < 1.29 is 14.2 Å². The summed E-state index contributed by atoms with van der Waals surface area (Å²) in [6.45, 7) is 0.385. The second-order valence-corrected chi connectivity index (χ2v) is 6.35. The molecule has 1 heterocycles. The normalized spacial score (nSPS) is 10.5. The number of nitrogens with one attached hydrogen (secondary N) is 2. The van der Waals surface area contributed by atoms with Gasteiger partial charge in [-0.2, -0.15) is 5.10 Å². The Balaban J connectivity index is 1.96. The molecule has 0 amide bonds. The van der Waals surface area contributed by atoms with E-state index < -0.39 is 0 Å². The van der Waals surface area contributed by atoms with Crippen LogP contribution in [-0.2, 0) is 6.54 Å². The van der Waals surface area contributed by atoms with Gasteiger partial charge >= 0.3 is 0 Å². The van der Waals surface area contributed by atoms with Crippen LogP contribution in [0.3, 0.4) is 0 Å². The topological polar surface area (TPSA) is 73.3 Å². The molecule has 2 N–H and O–H groups in total. The third-order valence-corrected chi connectivity index (χ3v) is 4.46. The number of ether oxygens (including phenoxy) is 3. The average Bonchev–Trinajstić information content (AvgIpc) is 3.05. The number of H-pyrrole nitrogens is 1. The van der Waals surface area contributed by atoms with E-state index in [1.54, 1.807) is 32.1 Å². The minimum Gasteiger partial charge on any atom is -0.496 e. The molecule has 2 aromatic carbocycles. The van der Waals surface area contributed by atoms with Gasteiger partial charge in [-0.05, 0) is 30.4 Å². The Kier molecular flexibility index (Phi) is 5.88. The van der Waals surface area contributed by atoms with E-state index in [9.17, 15) is 0 Å². The molecule has 0 saturated carbocycles. The Hall–Kier alpha value is -2.71. The zero-order valence-electron chi connectivity index (χ0n) is 15.1. The van der Waals surface area contributed by atoms with E-state index in [1.165, 1.54) is 0 Å². The molecule has 142 valence electrons. The van der Waals surface area contributed by atoms with Gasteiger partial charge in [0.2, 0.25) is 4.77 Å². The van der Waals surface area contributed by atoms with Gasteiger partial charge in [0, 0.05) is 16.7 Å². The summed E-state index contributed by atoms with van der Waals surface area (Å²) in [6.07, 6.45) is 0. The summed E-state index contributed by atoms with van der Waals surface area (Å²) in [5, 5.41) is 7.67. The summed E-state index contributed by atoms with van der Waals surface area (Å²) in [6, 6.07) is 11.1. The monoisotopic (exact) mass is 406 g/mol. The molecule has 1 aromatic heterocycles. The van der Waals surface area contributed by atoms with Gasteiger partial charge in [-0.3, -0.25) is 0 Å². The number of aromatic nitrogens is 3. The molecule has 3 rings (SSSR count). The van der Waals surface area contributed by atoms with Crippen molar-refractivity contribution in [2.45, 2.75) is 6.54 Å². The molecular weight excluding hydrogens is 388 g/mol. The summed E-state index contributed by atoms with van der Waals surface area (Å²) < 4.78 is 18.3. The fourth-order valence-electron chi connectivity index (χ4n) is 2.76. The number of rotatable bonds is 7. The Morgan fingerprint density at radius 1 is 1.11 bits per heavy atom. The quantitative estimate of drug-likeness (QED) is 0.577. The lowest BCUT2D eigenvalue weighted by molar-refractivity contribution is 0.352. The van der Waals surface area contributed by atoms with Gasteiger partial charge in [0.15, 0.2) is 17.3 Å². The molecule has 0 saturated heterocycles. The van der Waals surface area contributed by atoms with Crippen molar-refractivity contribution in [1.29, 1.82) is 0 Å². The number of hydrogen-bond acceptors (Lipinski definition) is 6. The van der Waals surface area contributed by atoms with E-state index in [1.807, 2.05) is 30.3 Å². The van der Waals surface area contributed by atoms with E-state index in [4.69, 9.17) is 38.0 Å². The van der Waals surface area contributed by atoms with Crippen molar-refractivity contribution in [1.82, 2.24) is 14.9 Å². The van der Waals surface area contributed by atoms with Crippen molar-refractivity contribution in [3.8, 4) is 28.6 Å². The summed E-state index contributed by atoms with van der Waals surface area (Å²) >= 11 is 11.6. The molecule has 0 spiro atoms. The SMILES string of the molecule is COc1ccccc1-c1n[nH]c(=S)n1NCc1cc(Cl)cc(OC)c1OC. The van der Waals surface area contributed by atoms with Crippen LogP contribution in [0.25, 0.3) is 11.4 Å². The number of methoxy groups -OCH3 is 3. The molecule has 0 aliphatic rings. The first-order valence-electron chi connectivity index (χ1n) is 8.04. The summed E-state index contributed by atoms with van der Waals surface area (Å²) in [5.41, 5.74) is 4.87.